The zero-order valence-electron chi connectivity index (χ0n) is 8.92. The summed E-state index contributed by atoms with van der Waals surface area (Å²) in [6.07, 6.45) is 0. The lowest BCUT2D eigenvalue weighted by Crippen LogP contribution is -2.13. The van der Waals surface area contributed by atoms with Gasteiger partial charge < -0.3 is 5.32 Å². The van der Waals surface area contributed by atoms with Gasteiger partial charge in [-0.3, -0.25) is 9.78 Å². The normalized spacial score (nSPS) is 10.3. The minimum absolute atomic E-state index is 0.262. The second-order valence-electron chi connectivity index (χ2n) is 3.45. The highest BCUT2D eigenvalue weighted by Crippen LogP contribution is 2.14. The molecule has 0 radical (unpaired) electrons. The van der Waals surface area contributed by atoms with Gasteiger partial charge in [0.1, 0.15) is 10.3 Å². The molecule has 0 unspecified atom stereocenters. The molecule has 0 atom stereocenters. The lowest BCUT2D eigenvalue weighted by atomic mass is 10.3. The number of aromatic amines is 1. The Morgan fingerprint density at radius 1 is 1.35 bits per heavy atom. The van der Waals surface area contributed by atoms with E-state index in [1.54, 1.807) is 19.1 Å². The molecule has 0 aliphatic heterocycles. The van der Waals surface area contributed by atoms with Gasteiger partial charge in [-0.05, 0) is 47.1 Å². The molecule has 2 rings (SSSR count). The predicted octanol–water partition coefficient (Wildman–Crippen LogP) is 2.72. The van der Waals surface area contributed by atoms with Gasteiger partial charge in [-0.1, -0.05) is 0 Å². The van der Waals surface area contributed by atoms with Crippen molar-refractivity contribution in [3.05, 3.63) is 50.6 Å². The molecule has 0 aliphatic rings. The van der Waals surface area contributed by atoms with Gasteiger partial charge in [-0.2, -0.15) is 0 Å². The van der Waals surface area contributed by atoms with E-state index in [0.717, 1.165) is 0 Å². The van der Waals surface area contributed by atoms with Crippen LogP contribution in [0.4, 0.5) is 16.0 Å². The quantitative estimate of drug-likeness (QED) is 0.896. The van der Waals surface area contributed by atoms with Crippen LogP contribution in [0.1, 0.15) is 5.69 Å². The van der Waals surface area contributed by atoms with Crippen molar-refractivity contribution in [3.63, 3.8) is 0 Å². The molecule has 0 saturated heterocycles. The third-order valence-corrected chi connectivity index (χ3v) is 3.07. The van der Waals surface area contributed by atoms with Crippen molar-refractivity contribution in [2.24, 2.45) is 0 Å². The second-order valence-corrected chi connectivity index (χ2v) is 4.24. The summed E-state index contributed by atoms with van der Waals surface area (Å²) in [5, 5.41) is 2.89. The van der Waals surface area contributed by atoms with Crippen LogP contribution in [0.15, 0.2) is 33.5 Å². The fourth-order valence-corrected chi connectivity index (χ4v) is 1.49. The van der Waals surface area contributed by atoms with Crippen molar-refractivity contribution in [2.45, 2.75) is 6.92 Å². The van der Waals surface area contributed by atoms with Gasteiger partial charge in [0.25, 0.3) is 5.56 Å². The number of aryl methyl sites for hydroxylation is 1. The maximum absolute atomic E-state index is 12.7. The Balaban J connectivity index is 2.30. The smallest absolute Gasteiger partial charge is 0.266 e. The minimum atomic E-state index is -0.316. The van der Waals surface area contributed by atoms with Crippen LogP contribution in [-0.4, -0.2) is 9.97 Å². The first-order chi connectivity index (χ1) is 8.06. The molecule has 0 amide bonds. The van der Waals surface area contributed by atoms with Crippen molar-refractivity contribution in [1.29, 1.82) is 0 Å². The van der Waals surface area contributed by atoms with E-state index < -0.39 is 0 Å². The first-order valence-corrected chi connectivity index (χ1v) is 5.64. The summed E-state index contributed by atoms with van der Waals surface area (Å²) in [7, 11) is 0. The molecule has 2 aromatic rings. The molecular formula is C11H9BrFN3O. The van der Waals surface area contributed by atoms with Gasteiger partial charge in [0.15, 0.2) is 0 Å². The molecular weight excluding hydrogens is 289 g/mol. The number of halogens is 2. The highest BCUT2D eigenvalue weighted by atomic mass is 79.9. The fourth-order valence-electron chi connectivity index (χ4n) is 1.30. The van der Waals surface area contributed by atoms with E-state index in [9.17, 15) is 9.18 Å². The molecule has 2 N–H and O–H groups in total. The van der Waals surface area contributed by atoms with Crippen LogP contribution in [0.3, 0.4) is 0 Å². The summed E-state index contributed by atoms with van der Waals surface area (Å²) in [6, 6.07) is 5.78. The summed E-state index contributed by atoms with van der Waals surface area (Å²) in [6.45, 7) is 1.72. The molecule has 88 valence electrons. The van der Waals surface area contributed by atoms with E-state index in [-0.39, 0.29) is 11.4 Å². The van der Waals surface area contributed by atoms with Crippen LogP contribution in [0, 0.1) is 12.7 Å². The number of benzene rings is 1. The summed E-state index contributed by atoms with van der Waals surface area (Å²) < 4.78 is 13.1. The van der Waals surface area contributed by atoms with Gasteiger partial charge in [-0.25, -0.2) is 9.37 Å². The average Bonchev–Trinajstić information content (AvgIpc) is 2.29. The number of nitrogens with zero attached hydrogens (tertiary/aromatic N) is 1. The number of rotatable bonds is 2. The number of aromatic nitrogens is 2. The number of hydrogen-bond donors (Lipinski definition) is 2. The molecule has 1 heterocycles. The second kappa shape index (κ2) is 4.67. The van der Waals surface area contributed by atoms with E-state index in [2.05, 4.69) is 31.2 Å². The lowest BCUT2D eigenvalue weighted by Gasteiger charge is -2.06. The highest BCUT2D eigenvalue weighted by Gasteiger charge is 2.04. The zero-order valence-corrected chi connectivity index (χ0v) is 10.5. The zero-order chi connectivity index (χ0) is 12.4. The number of hydrogen-bond acceptors (Lipinski definition) is 3. The van der Waals surface area contributed by atoms with Crippen LogP contribution in [0.25, 0.3) is 0 Å². The summed E-state index contributed by atoms with van der Waals surface area (Å²) >= 11 is 3.12. The Morgan fingerprint density at radius 3 is 2.59 bits per heavy atom. The molecule has 0 spiro atoms. The SMILES string of the molecule is Cc1nc(Nc2ccc(F)cc2)[nH]c(=O)c1Br. The van der Waals surface area contributed by atoms with Gasteiger partial charge in [0, 0.05) is 5.69 Å². The van der Waals surface area contributed by atoms with Gasteiger partial charge in [0.05, 0.1) is 5.69 Å². The van der Waals surface area contributed by atoms with Gasteiger partial charge in [-0.15, -0.1) is 0 Å². The lowest BCUT2D eigenvalue weighted by molar-refractivity contribution is 0.628. The van der Waals surface area contributed by atoms with Gasteiger partial charge >= 0.3 is 0 Å². The van der Waals surface area contributed by atoms with Crippen molar-refractivity contribution < 1.29 is 4.39 Å². The van der Waals surface area contributed by atoms with Crippen LogP contribution in [0.5, 0.6) is 0 Å². The molecule has 6 heteroatoms. The maximum Gasteiger partial charge on any atom is 0.266 e. The maximum atomic E-state index is 12.7. The summed E-state index contributed by atoms with van der Waals surface area (Å²) in [5.41, 5.74) is 0.969. The van der Waals surface area contributed by atoms with E-state index in [0.29, 0.717) is 21.8 Å². The average molecular weight is 298 g/mol. The summed E-state index contributed by atoms with van der Waals surface area (Å²) in [4.78, 5) is 18.2. The molecule has 1 aromatic heterocycles. The van der Waals surface area contributed by atoms with E-state index >= 15 is 0 Å². The topological polar surface area (TPSA) is 57.8 Å². The third-order valence-electron chi connectivity index (χ3n) is 2.14. The van der Waals surface area contributed by atoms with E-state index in [1.165, 1.54) is 12.1 Å². The molecule has 17 heavy (non-hydrogen) atoms. The molecule has 1 aromatic carbocycles. The first-order valence-electron chi connectivity index (χ1n) is 4.85. The van der Waals surface area contributed by atoms with Crippen LogP contribution < -0.4 is 10.9 Å². The van der Waals surface area contributed by atoms with Crippen LogP contribution >= 0.6 is 15.9 Å². The Hall–Kier alpha value is -1.69. The summed E-state index contributed by atoms with van der Waals surface area (Å²) in [5.74, 6) is 0.00583. The predicted molar refractivity (Wildman–Crippen MR) is 67.0 cm³/mol. The minimum Gasteiger partial charge on any atom is -0.326 e. The fraction of sp³-hybridized carbons (Fsp3) is 0.0909. The van der Waals surface area contributed by atoms with Crippen molar-refractivity contribution in [1.82, 2.24) is 9.97 Å². The standard InChI is InChI=1S/C11H9BrFN3O/c1-6-9(12)10(17)16-11(14-6)15-8-4-2-7(13)3-5-8/h2-5H,1H3,(H2,14,15,16,17). The number of anilines is 2. The van der Waals surface area contributed by atoms with Crippen LogP contribution in [-0.2, 0) is 0 Å². The molecule has 0 aliphatic carbocycles. The Bertz CT molecular complexity index is 595. The molecule has 4 nitrogen and oxygen atoms in total. The van der Waals surface area contributed by atoms with Gasteiger partial charge in [0.2, 0.25) is 5.95 Å². The van der Waals surface area contributed by atoms with Crippen LogP contribution in [0.2, 0.25) is 0 Å². The third kappa shape index (κ3) is 2.71. The number of nitrogens with one attached hydrogen (secondary N) is 2. The Labute approximate surface area is 105 Å². The molecule has 0 bridgehead atoms. The van der Waals surface area contributed by atoms with E-state index in [1.807, 2.05) is 0 Å². The first kappa shape index (κ1) is 11.8. The van der Waals surface area contributed by atoms with Crippen molar-refractivity contribution in [3.8, 4) is 0 Å². The molecule has 0 fully saturated rings. The highest BCUT2D eigenvalue weighted by molar-refractivity contribution is 9.10. The Morgan fingerprint density at radius 2 is 2.00 bits per heavy atom. The Kier molecular flexibility index (Phi) is 3.23. The van der Waals surface area contributed by atoms with Crippen molar-refractivity contribution >= 4 is 27.6 Å². The van der Waals surface area contributed by atoms with E-state index in [4.69, 9.17) is 0 Å². The van der Waals surface area contributed by atoms with Crippen molar-refractivity contribution in [2.75, 3.05) is 5.32 Å². The molecule has 0 saturated carbocycles. The monoisotopic (exact) mass is 297 g/mol. The number of H-pyrrole nitrogens is 1. The largest absolute Gasteiger partial charge is 0.326 e.